The highest BCUT2D eigenvalue weighted by Crippen LogP contribution is 2.20. The van der Waals surface area contributed by atoms with Gasteiger partial charge in [0.15, 0.2) is 0 Å². The molecule has 1 aromatic carbocycles. The van der Waals surface area contributed by atoms with Gasteiger partial charge in [-0.15, -0.1) is 0 Å². The van der Waals surface area contributed by atoms with E-state index in [1.54, 1.807) is 0 Å². The molecule has 0 bridgehead atoms. The zero-order valence-corrected chi connectivity index (χ0v) is 10.0. The number of aliphatic hydroxyl groups is 1. The molecule has 0 aromatic heterocycles. The molecule has 17 heavy (non-hydrogen) atoms. The molecule has 94 valence electrons. The zero-order valence-electron chi connectivity index (χ0n) is 10.0. The van der Waals surface area contributed by atoms with Crippen molar-refractivity contribution in [2.75, 3.05) is 6.79 Å². The van der Waals surface area contributed by atoms with Crippen molar-refractivity contribution in [3.63, 3.8) is 0 Å². The summed E-state index contributed by atoms with van der Waals surface area (Å²) in [6.07, 6.45) is 3.72. The molecule has 1 N–H and O–H groups in total. The van der Waals surface area contributed by atoms with E-state index in [0.717, 1.165) is 31.2 Å². The smallest absolute Gasteiger partial charge is 0.147 e. The Bertz CT molecular complexity index is 305. The fraction of sp³-hybridized carbons (Fsp3) is 0.571. The van der Waals surface area contributed by atoms with Crippen LogP contribution in [0.15, 0.2) is 30.3 Å². The van der Waals surface area contributed by atoms with Crippen LogP contribution in [-0.4, -0.2) is 24.1 Å². The summed E-state index contributed by atoms with van der Waals surface area (Å²) in [6, 6.07) is 10.1. The van der Waals surface area contributed by atoms with E-state index in [0.29, 0.717) is 13.4 Å². The summed E-state index contributed by atoms with van der Waals surface area (Å²) < 4.78 is 11.1. The van der Waals surface area contributed by atoms with Crippen LogP contribution in [0, 0.1) is 0 Å². The van der Waals surface area contributed by atoms with Crippen LogP contribution in [-0.2, 0) is 16.1 Å². The summed E-state index contributed by atoms with van der Waals surface area (Å²) in [5, 5.41) is 9.36. The summed E-state index contributed by atoms with van der Waals surface area (Å²) in [5.41, 5.74) is 1.16. The third-order valence-corrected chi connectivity index (χ3v) is 3.14. The van der Waals surface area contributed by atoms with E-state index in [4.69, 9.17) is 9.47 Å². The molecule has 1 aliphatic rings. The lowest BCUT2D eigenvalue weighted by atomic mass is 9.95. The summed E-state index contributed by atoms with van der Waals surface area (Å²) in [6.45, 7) is 0.936. The maximum atomic E-state index is 9.36. The van der Waals surface area contributed by atoms with Crippen LogP contribution in [0.4, 0.5) is 0 Å². The van der Waals surface area contributed by atoms with E-state index in [1.807, 2.05) is 30.3 Å². The van der Waals surface area contributed by atoms with E-state index in [9.17, 15) is 5.11 Å². The number of benzene rings is 1. The van der Waals surface area contributed by atoms with E-state index in [2.05, 4.69) is 0 Å². The van der Waals surface area contributed by atoms with Crippen molar-refractivity contribution < 1.29 is 14.6 Å². The Kier molecular flexibility index (Phi) is 4.98. The van der Waals surface area contributed by atoms with Crippen molar-refractivity contribution in [1.82, 2.24) is 0 Å². The Balaban J connectivity index is 1.57. The quantitative estimate of drug-likeness (QED) is 0.630. The Morgan fingerprint density at radius 3 is 2.47 bits per heavy atom. The van der Waals surface area contributed by atoms with Crippen LogP contribution >= 0.6 is 0 Å². The maximum Gasteiger partial charge on any atom is 0.147 e. The fourth-order valence-electron chi connectivity index (χ4n) is 2.09. The minimum atomic E-state index is -0.125. The normalized spacial score (nSPS) is 24.8. The largest absolute Gasteiger partial charge is 0.393 e. The standard InChI is InChI=1S/C14H20O3/c15-13-6-8-14(9-7-13)17-11-16-10-12-4-2-1-3-5-12/h1-5,13-15H,6-11H2. The highest BCUT2D eigenvalue weighted by Gasteiger charge is 2.19. The maximum absolute atomic E-state index is 9.36. The van der Waals surface area contributed by atoms with Crippen molar-refractivity contribution >= 4 is 0 Å². The van der Waals surface area contributed by atoms with Gasteiger partial charge in [0.25, 0.3) is 0 Å². The fourth-order valence-corrected chi connectivity index (χ4v) is 2.09. The number of rotatable bonds is 5. The van der Waals surface area contributed by atoms with E-state index >= 15 is 0 Å². The molecule has 1 saturated carbocycles. The van der Waals surface area contributed by atoms with Crippen molar-refractivity contribution in [3.05, 3.63) is 35.9 Å². The number of hydrogen-bond acceptors (Lipinski definition) is 3. The third-order valence-electron chi connectivity index (χ3n) is 3.14. The van der Waals surface area contributed by atoms with Gasteiger partial charge in [-0.3, -0.25) is 0 Å². The zero-order chi connectivity index (χ0) is 11.9. The molecule has 3 nitrogen and oxygen atoms in total. The molecular weight excluding hydrogens is 216 g/mol. The van der Waals surface area contributed by atoms with Gasteiger partial charge in [0.05, 0.1) is 18.8 Å². The number of hydrogen-bond donors (Lipinski definition) is 1. The first kappa shape index (κ1) is 12.6. The van der Waals surface area contributed by atoms with E-state index in [-0.39, 0.29) is 12.2 Å². The molecule has 0 spiro atoms. The van der Waals surface area contributed by atoms with Crippen LogP contribution in [0.5, 0.6) is 0 Å². The highest BCUT2D eigenvalue weighted by atomic mass is 16.7. The highest BCUT2D eigenvalue weighted by molar-refractivity contribution is 5.13. The Morgan fingerprint density at radius 2 is 1.76 bits per heavy atom. The predicted molar refractivity (Wildman–Crippen MR) is 65.4 cm³/mol. The molecule has 0 heterocycles. The minimum absolute atomic E-state index is 0.125. The summed E-state index contributed by atoms with van der Waals surface area (Å²) >= 11 is 0. The first-order valence-corrected chi connectivity index (χ1v) is 6.26. The van der Waals surface area contributed by atoms with Crippen LogP contribution < -0.4 is 0 Å². The number of ether oxygens (including phenoxy) is 2. The molecule has 1 fully saturated rings. The lowest BCUT2D eigenvalue weighted by Crippen LogP contribution is -2.25. The van der Waals surface area contributed by atoms with Crippen molar-refractivity contribution in [2.24, 2.45) is 0 Å². The molecule has 2 rings (SSSR count). The lowest BCUT2D eigenvalue weighted by molar-refractivity contribution is -0.111. The molecule has 0 atom stereocenters. The number of aliphatic hydroxyl groups excluding tert-OH is 1. The average molecular weight is 236 g/mol. The van der Waals surface area contributed by atoms with Gasteiger partial charge in [0.1, 0.15) is 6.79 Å². The second-order valence-corrected chi connectivity index (χ2v) is 4.55. The minimum Gasteiger partial charge on any atom is -0.393 e. The molecule has 0 unspecified atom stereocenters. The summed E-state index contributed by atoms with van der Waals surface area (Å²) in [7, 11) is 0. The van der Waals surface area contributed by atoms with Crippen molar-refractivity contribution in [3.8, 4) is 0 Å². The van der Waals surface area contributed by atoms with Gasteiger partial charge in [0, 0.05) is 0 Å². The molecule has 0 radical (unpaired) electrons. The molecule has 1 aromatic rings. The Morgan fingerprint density at radius 1 is 1.06 bits per heavy atom. The van der Waals surface area contributed by atoms with Gasteiger partial charge < -0.3 is 14.6 Å². The van der Waals surface area contributed by atoms with Gasteiger partial charge >= 0.3 is 0 Å². The molecule has 0 aliphatic heterocycles. The van der Waals surface area contributed by atoms with Crippen LogP contribution in [0.3, 0.4) is 0 Å². The van der Waals surface area contributed by atoms with E-state index in [1.165, 1.54) is 0 Å². The van der Waals surface area contributed by atoms with Crippen molar-refractivity contribution in [2.45, 2.75) is 44.5 Å². The van der Waals surface area contributed by atoms with Crippen LogP contribution in [0.25, 0.3) is 0 Å². The SMILES string of the molecule is OC1CCC(OCOCc2ccccc2)CC1. The second kappa shape index (κ2) is 6.74. The Labute approximate surface area is 102 Å². The lowest BCUT2D eigenvalue weighted by Gasteiger charge is -2.25. The second-order valence-electron chi connectivity index (χ2n) is 4.55. The summed E-state index contributed by atoms with van der Waals surface area (Å²) in [4.78, 5) is 0. The van der Waals surface area contributed by atoms with E-state index < -0.39 is 0 Å². The van der Waals surface area contributed by atoms with Crippen molar-refractivity contribution in [1.29, 1.82) is 0 Å². The monoisotopic (exact) mass is 236 g/mol. The Hall–Kier alpha value is -0.900. The predicted octanol–water partition coefficient (Wildman–Crippen LogP) is 2.48. The van der Waals surface area contributed by atoms with Gasteiger partial charge in [-0.05, 0) is 31.2 Å². The van der Waals surface area contributed by atoms with Gasteiger partial charge in [-0.25, -0.2) is 0 Å². The molecule has 0 saturated heterocycles. The molecular formula is C14H20O3. The first-order chi connectivity index (χ1) is 8.34. The third kappa shape index (κ3) is 4.46. The first-order valence-electron chi connectivity index (χ1n) is 6.26. The van der Waals surface area contributed by atoms with Gasteiger partial charge in [0.2, 0.25) is 0 Å². The molecule has 3 heteroatoms. The molecule has 1 aliphatic carbocycles. The summed E-state index contributed by atoms with van der Waals surface area (Å²) in [5.74, 6) is 0. The van der Waals surface area contributed by atoms with Crippen LogP contribution in [0.2, 0.25) is 0 Å². The molecule has 0 amide bonds. The average Bonchev–Trinajstić information content (AvgIpc) is 2.38. The van der Waals surface area contributed by atoms with Crippen LogP contribution in [0.1, 0.15) is 31.2 Å². The van der Waals surface area contributed by atoms with Gasteiger partial charge in [-0.1, -0.05) is 30.3 Å². The van der Waals surface area contributed by atoms with Gasteiger partial charge in [-0.2, -0.15) is 0 Å². The topological polar surface area (TPSA) is 38.7 Å².